The van der Waals surface area contributed by atoms with Gasteiger partial charge in [0.2, 0.25) is 0 Å². The lowest BCUT2D eigenvalue weighted by Crippen LogP contribution is -1.91. The maximum atomic E-state index is 10.9. The molecule has 0 saturated heterocycles. The average Bonchev–Trinajstić information content (AvgIpc) is 2.89. The van der Waals surface area contributed by atoms with Crippen LogP contribution in [0.1, 0.15) is 17.5 Å². The quantitative estimate of drug-likeness (QED) is 0.342. The molecule has 0 fully saturated rings. The molecule has 0 N–H and O–H groups in total. The highest BCUT2D eigenvalue weighted by Gasteiger charge is 2.28. The van der Waals surface area contributed by atoms with Gasteiger partial charge in [-0.2, -0.15) is 0 Å². The number of allylic oxidation sites excluding steroid dienone is 4. The minimum Gasteiger partial charge on any atom is -0.258 e. The number of nitrogens with zero attached hydrogens (tertiary/aromatic N) is 5. The molecule has 1 aliphatic rings. The first kappa shape index (κ1) is 14.5. The van der Waals surface area contributed by atoms with Gasteiger partial charge >= 0.3 is 0 Å². The van der Waals surface area contributed by atoms with E-state index in [1.807, 2.05) is 0 Å². The van der Waals surface area contributed by atoms with Crippen molar-refractivity contribution in [1.82, 2.24) is 0 Å². The lowest BCUT2D eigenvalue weighted by Gasteiger charge is -2.01. The summed E-state index contributed by atoms with van der Waals surface area (Å²) in [7, 11) is 0. The molecule has 0 saturated carbocycles. The third kappa shape index (κ3) is 2.16. The van der Waals surface area contributed by atoms with Crippen LogP contribution in [0.15, 0.2) is 29.6 Å². The molecule has 0 spiro atoms. The molecule has 0 heterocycles. The monoisotopic (exact) mass is 287 g/mol. The van der Waals surface area contributed by atoms with Crippen LogP contribution < -0.4 is 0 Å². The standard InChI is InChI=1S/C15H5N5O2/c1-18-14(7-16)12-6-13(15(8-17)19-2)11-5-9(20(21)22)3-4-10(11)12/h3-5H,6H2/b14-12-,15-13-. The third-order valence-corrected chi connectivity index (χ3v) is 3.22. The van der Waals surface area contributed by atoms with E-state index in [9.17, 15) is 10.1 Å². The van der Waals surface area contributed by atoms with E-state index in [0.717, 1.165) is 0 Å². The number of nitro benzene ring substituents is 1. The number of fused-ring (bicyclic) bond motifs is 1. The van der Waals surface area contributed by atoms with E-state index in [-0.39, 0.29) is 23.5 Å². The Balaban J connectivity index is 2.87. The van der Waals surface area contributed by atoms with Crippen molar-refractivity contribution >= 4 is 16.8 Å². The molecule has 1 aromatic rings. The summed E-state index contributed by atoms with van der Waals surface area (Å²) in [5.41, 5.74) is 1.00. The van der Waals surface area contributed by atoms with Gasteiger partial charge in [-0.15, -0.1) is 0 Å². The van der Waals surface area contributed by atoms with Crippen LogP contribution in [-0.2, 0) is 0 Å². The zero-order valence-corrected chi connectivity index (χ0v) is 11.0. The van der Waals surface area contributed by atoms with Crippen molar-refractivity contribution in [3.63, 3.8) is 0 Å². The van der Waals surface area contributed by atoms with Gasteiger partial charge in [0.05, 0.1) is 30.2 Å². The largest absolute Gasteiger partial charge is 0.270 e. The predicted octanol–water partition coefficient (Wildman–Crippen LogP) is 3.31. The molecule has 0 radical (unpaired) electrons. The summed E-state index contributed by atoms with van der Waals surface area (Å²) < 4.78 is 0. The number of nitro groups is 1. The Hall–Kier alpha value is -3.94. The maximum absolute atomic E-state index is 10.9. The summed E-state index contributed by atoms with van der Waals surface area (Å²) in [4.78, 5) is 16.6. The fraction of sp³-hybridized carbons (Fsp3) is 0.0667. The van der Waals surface area contributed by atoms with Crippen LogP contribution in [0.4, 0.5) is 5.69 Å². The molecule has 0 aromatic heterocycles. The van der Waals surface area contributed by atoms with Gasteiger partial charge in [0.25, 0.3) is 17.1 Å². The molecule has 1 aliphatic carbocycles. The van der Waals surface area contributed by atoms with E-state index in [1.165, 1.54) is 18.2 Å². The average molecular weight is 287 g/mol. The van der Waals surface area contributed by atoms with Gasteiger partial charge in [-0.1, -0.05) is 0 Å². The Morgan fingerprint density at radius 3 is 2.14 bits per heavy atom. The normalized spacial score (nSPS) is 16.4. The second kappa shape index (κ2) is 5.59. The topological polar surface area (TPSA) is 99.4 Å². The molecule has 0 atom stereocenters. The van der Waals surface area contributed by atoms with Crippen molar-refractivity contribution in [2.75, 3.05) is 0 Å². The molecule has 7 nitrogen and oxygen atoms in total. The van der Waals surface area contributed by atoms with Crippen molar-refractivity contribution in [3.8, 4) is 12.1 Å². The van der Waals surface area contributed by atoms with Crippen LogP contribution in [-0.4, -0.2) is 4.92 Å². The van der Waals surface area contributed by atoms with Gasteiger partial charge in [-0.3, -0.25) is 10.1 Å². The van der Waals surface area contributed by atoms with Crippen molar-refractivity contribution in [2.45, 2.75) is 6.42 Å². The van der Waals surface area contributed by atoms with E-state index in [1.54, 1.807) is 12.1 Å². The van der Waals surface area contributed by atoms with E-state index >= 15 is 0 Å². The second-order valence-corrected chi connectivity index (χ2v) is 4.27. The molecule has 22 heavy (non-hydrogen) atoms. The van der Waals surface area contributed by atoms with Gasteiger partial charge in [0, 0.05) is 12.1 Å². The molecule has 102 valence electrons. The Morgan fingerprint density at radius 2 is 1.68 bits per heavy atom. The Labute approximate surface area is 125 Å². The number of hydrogen-bond donors (Lipinski definition) is 0. The van der Waals surface area contributed by atoms with Gasteiger partial charge in [0.15, 0.2) is 0 Å². The molecule has 0 unspecified atom stereocenters. The number of benzene rings is 1. The Bertz CT molecular complexity index is 895. The van der Waals surface area contributed by atoms with Gasteiger partial charge in [0.1, 0.15) is 0 Å². The first-order valence-electron chi connectivity index (χ1n) is 5.88. The second-order valence-electron chi connectivity index (χ2n) is 4.27. The molecule has 0 aliphatic heterocycles. The maximum Gasteiger partial charge on any atom is 0.270 e. The summed E-state index contributed by atoms with van der Waals surface area (Å²) in [5, 5.41) is 29.0. The number of hydrogen-bond acceptors (Lipinski definition) is 4. The van der Waals surface area contributed by atoms with Crippen LogP contribution in [0.2, 0.25) is 0 Å². The zero-order chi connectivity index (χ0) is 16.3. The minimum atomic E-state index is -0.580. The van der Waals surface area contributed by atoms with E-state index in [4.69, 9.17) is 23.7 Å². The fourth-order valence-corrected chi connectivity index (χ4v) is 2.27. The van der Waals surface area contributed by atoms with Crippen LogP contribution in [0.3, 0.4) is 0 Å². The molecular formula is C15H5N5O2. The summed E-state index contributed by atoms with van der Waals surface area (Å²) in [6.45, 7) is 14.1. The zero-order valence-electron chi connectivity index (χ0n) is 11.0. The number of nitriles is 2. The van der Waals surface area contributed by atoms with Crippen LogP contribution in [0.5, 0.6) is 0 Å². The predicted molar refractivity (Wildman–Crippen MR) is 76.0 cm³/mol. The van der Waals surface area contributed by atoms with Gasteiger partial charge in [-0.05, 0) is 34.8 Å². The van der Waals surface area contributed by atoms with Gasteiger partial charge in [-0.25, -0.2) is 20.2 Å². The Morgan fingerprint density at radius 1 is 1.14 bits per heavy atom. The summed E-state index contributed by atoms with van der Waals surface area (Å²) in [6, 6.07) is 7.50. The lowest BCUT2D eigenvalue weighted by atomic mass is 10.0. The molecule has 0 bridgehead atoms. The van der Waals surface area contributed by atoms with Crippen molar-refractivity contribution in [2.24, 2.45) is 0 Å². The van der Waals surface area contributed by atoms with Crippen molar-refractivity contribution in [3.05, 3.63) is 73.7 Å². The fourth-order valence-electron chi connectivity index (χ4n) is 2.27. The molecule has 7 heteroatoms. The first-order chi connectivity index (χ1) is 10.6. The molecular weight excluding hydrogens is 282 g/mol. The highest BCUT2D eigenvalue weighted by Crippen LogP contribution is 2.45. The summed E-state index contributed by atoms with van der Waals surface area (Å²) in [5.74, 6) is 0. The Kier molecular flexibility index (Phi) is 3.68. The number of rotatable bonds is 1. The number of non-ortho nitro benzene ring substituents is 1. The highest BCUT2D eigenvalue weighted by molar-refractivity contribution is 5.97. The van der Waals surface area contributed by atoms with Crippen LogP contribution in [0, 0.1) is 45.9 Å². The molecule has 1 aromatic carbocycles. The van der Waals surface area contributed by atoms with E-state index < -0.39 is 4.92 Å². The van der Waals surface area contributed by atoms with E-state index in [2.05, 4.69) is 9.69 Å². The lowest BCUT2D eigenvalue weighted by molar-refractivity contribution is -0.384. The van der Waals surface area contributed by atoms with Crippen molar-refractivity contribution in [1.29, 1.82) is 10.5 Å². The smallest absolute Gasteiger partial charge is 0.258 e. The van der Waals surface area contributed by atoms with Crippen LogP contribution >= 0.6 is 0 Å². The SMILES string of the molecule is [C-]#[N+]/C(C#N)=C1/C/C(=C(\C#N)[N+]#[C-])c2cc([N+](=O)[O-])ccc21. The summed E-state index contributed by atoms with van der Waals surface area (Å²) in [6.07, 6.45) is 0.0625. The summed E-state index contributed by atoms with van der Waals surface area (Å²) >= 11 is 0. The molecule has 0 amide bonds. The first-order valence-corrected chi connectivity index (χ1v) is 5.88. The molecule has 2 rings (SSSR count). The third-order valence-electron chi connectivity index (χ3n) is 3.22. The van der Waals surface area contributed by atoms with E-state index in [0.29, 0.717) is 22.3 Å². The van der Waals surface area contributed by atoms with Gasteiger partial charge < -0.3 is 0 Å². The highest BCUT2D eigenvalue weighted by atomic mass is 16.6. The minimum absolute atomic E-state index is 0.0625. The van der Waals surface area contributed by atoms with Crippen LogP contribution in [0.25, 0.3) is 20.8 Å². The van der Waals surface area contributed by atoms with Crippen molar-refractivity contribution < 1.29 is 4.92 Å².